The van der Waals surface area contributed by atoms with Crippen molar-refractivity contribution in [1.82, 2.24) is 4.98 Å². The molecule has 1 atom stereocenters. The Hall–Kier alpha value is -1.85. The number of pyridine rings is 1. The summed E-state index contributed by atoms with van der Waals surface area (Å²) >= 11 is 6.10. The first kappa shape index (κ1) is 14.6. The molecule has 5 nitrogen and oxygen atoms in total. The lowest BCUT2D eigenvalue weighted by Crippen LogP contribution is -2.39. The molecule has 4 N–H and O–H groups in total. The quantitative estimate of drug-likeness (QED) is 0.810. The van der Waals surface area contributed by atoms with Crippen LogP contribution in [0.5, 0.6) is 0 Å². The van der Waals surface area contributed by atoms with Crippen LogP contribution in [0.15, 0.2) is 29.2 Å². The fourth-order valence-electron chi connectivity index (χ4n) is 1.82. The molecule has 1 aromatic heterocycles. The van der Waals surface area contributed by atoms with E-state index in [4.69, 9.17) is 17.3 Å². The van der Waals surface area contributed by atoms with Crippen LogP contribution >= 0.6 is 11.6 Å². The molecule has 2 aromatic rings. The molecular weight excluding hydrogens is 278 g/mol. The van der Waals surface area contributed by atoms with Gasteiger partial charge in [-0.2, -0.15) is 0 Å². The van der Waals surface area contributed by atoms with Gasteiger partial charge in [-0.25, -0.2) is 0 Å². The highest BCUT2D eigenvalue weighted by Gasteiger charge is 2.18. The maximum atomic E-state index is 11.9. The summed E-state index contributed by atoms with van der Waals surface area (Å²) in [6, 6.07) is 4.33. The van der Waals surface area contributed by atoms with E-state index >= 15 is 0 Å². The highest BCUT2D eigenvalue weighted by atomic mass is 35.5. The van der Waals surface area contributed by atoms with E-state index in [1.165, 1.54) is 6.07 Å². The summed E-state index contributed by atoms with van der Waals surface area (Å²) in [7, 11) is 0. The van der Waals surface area contributed by atoms with Gasteiger partial charge in [0.1, 0.15) is 0 Å². The summed E-state index contributed by atoms with van der Waals surface area (Å²) in [4.78, 5) is 26.2. The zero-order valence-electron chi connectivity index (χ0n) is 11.2. The molecule has 0 aliphatic rings. The summed E-state index contributed by atoms with van der Waals surface area (Å²) in [6.45, 7) is 3.73. The molecule has 0 aliphatic heterocycles. The van der Waals surface area contributed by atoms with E-state index in [1.807, 2.05) is 13.8 Å². The van der Waals surface area contributed by atoms with Gasteiger partial charge in [-0.1, -0.05) is 25.4 Å². The van der Waals surface area contributed by atoms with Crippen molar-refractivity contribution in [3.05, 3.63) is 39.8 Å². The number of benzene rings is 1. The SMILES string of the molecule is CC(C)C(N)C(=O)Nc1cc2cc[nH]c(=O)c2cc1Cl. The van der Waals surface area contributed by atoms with Gasteiger partial charge in [-0.05, 0) is 29.5 Å². The third kappa shape index (κ3) is 2.84. The molecule has 0 saturated heterocycles. The lowest BCUT2D eigenvalue weighted by Gasteiger charge is -2.16. The van der Waals surface area contributed by atoms with E-state index in [-0.39, 0.29) is 17.4 Å². The Morgan fingerprint density at radius 3 is 2.75 bits per heavy atom. The third-order valence-electron chi connectivity index (χ3n) is 3.14. The summed E-state index contributed by atoms with van der Waals surface area (Å²) < 4.78 is 0. The lowest BCUT2D eigenvalue weighted by molar-refractivity contribution is -0.118. The summed E-state index contributed by atoms with van der Waals surface area (Å²) in [5.74, 6) is -0.275. The molecule has 6 heteroatoms. The van der Waals surface area contributed by atoms with Crippen molar-refractivity contribution < 1.29 is 4.79 Å². The largest absolute Gasteiger partial charge is 0.329 e. The van der Waals surface area contributed by atoms with Crippen LogP contribution in [-0.4, -0.2) is 16.9 Å². The Bertz CT molecular complexity index is 709. The minimum Gasteiger partial charge on any atom is -0.329 e. The standard InChI is InChI=1S/C14H16ClN3O2/c1-7(2)12(16)14(20)18-11-5-8-3-4-17-13(19)9(8)6-10(11)15/h3-7,12H,16H2,1-2H3,(H,17,19)(H,18,20). The second kappa shape index (κ2) is 5.64. The first-order valence-corrected chi connectivity index (χ1v) is 6.65. The van der Waals surface area contributed by atoms with Gasteiger partial charge in [0.25, 0.3) is 5.56 Å². The lowest BCUT2D eigenvalue weighted by atomic mass is 10.0. The Balaban J connectivity index is 2.38. The van der Waals surface area contributed by atoms with Crippen molar-refractivity contribution in [3.8, 4) is 0 Å². The van der Waals surface area contributed by atoms with Crippen molar-refractivity contribution in [2.45, 2.75) is 19.9 Å². The number of anilines is 1. The summed E-state index contributed by atoms with van der Waals surface area (Å²) in [5, 5.41) is 4.18. The zero-order chi connectivity index (χ0) is 14.9. The van der Waals surface area contributed by atoms with E-state index in [2.05, 4.69) is 10.3 Å². The van der Waals surface area contributed by atoms with Crippen molar-refractivity contribution in [1.29, 1.82) is 0 Å². The molecule has 106 valence electrons. The second-order valence-corrected chi connectivity index (χ2v) is 5.39. The number of hydrogen-bond acceptors (Lipinski definition) is 3. The normalized spacial score (nSPS) is 12.7. The van der Waals surface area contributed by atoms with Crippen LogP contribution in [-0.2, 0) is 4.79 Å². The van der Waals surface area contributed by atoms with Gasteiger partial charge < -0.3 is 16.0 Å². The minimum absolute atomic E-state index is 0.0251. The number of hydrogen-bond donors (Lipinski definition) is 3. The van der Waals surface area contributed by atoms with Crippen molar-refractivity contribution >= 4 is 34.0 Å². The molecule has 0 bridgehead atoms. The van der Waals surface area contributed by atoms with Gasteiger partial charge in [0, 0.05) is 11.6 Å². The molecule has 0 fully saturated rings. The smallest absolute Gasteiger partial charge is 0.255 e. The van der Waals surface area contributed by atoms with Gasteiger partial charge in [0.05, 0.1) is 16.8 Å². The number of nitrogens with two attached hydrogens (primary N) is 1. The van der Waals surface area contributed by atoms with Gasteiger partial charge in [-0.15, -0.1) is 0 Å². The molecule has 0 aliphatic carbocycles. The Kier molecular flexibility index (Phi) is 4.11. The number of amides is 1. The number of aromatic nitrogens is 1. The first-order chi connectivity index (χ1) is 9.40. The second-order valence-electron chi connectivity index (χ2n) is 4.99. The molecule has 2 rings (SSSR count). The highest BCUT2D eigenvalue weighted by molar-refractivity contribution is 6.34. The maximum absolute atomic E-state index is 11.9. The highest BCUT2D eigenvalue weighted by Crippen LogP contribution is 2.26. The molecule has 1 amide bonds. The van der Waals surface area contributed by atoms with Crippen LogP contribution in [0.1, 0.15) is 13.8 Å². The minimum atomic E-state index is -0.610. The third-order valence-corrected chi connectivity index (χ3v) is 3.45. The predicted molar refractivity (Wildman–Crippen MR) is 81.0 cm³/mol. The molecule has 20 heavy (non-hydrogen) atoms. The fourth-order valence-corrected chi connectivity index (χ4v) is 2.03. The molecule has 1 unspecified atom stereocenters. The predicted octanol–water partition coefficient (Wildman–Crippen LogP) is 2.10. The fraction of sp³-hybridized carbons (Fsp3) is 0.286. The van der Waals surface area contributed by atoms with E-state index in [0.29, 0.717) is 21.5 Å². The molecule has 1 aromatic carbocycles. The van der Waals surface area contributed by atoms with Crippen LogP contribution in [0.4, 0.5) is 5.69 Å². The van der Waals surface area contributed by atoms with Gasteiger partial charge in [-0.3, -0.25) is 9.59 Å². The zero-order valence-corrected chi connectivity index (χ0v) is 12.0. The van der Waals surface area contributed by atoms with Crippen LogP contribution < -0.4 is 16.6 Å². The number of nitrogens with one attached hydrogen (secondary N) is 2. The van der Waals surface area contributed by atoms with Crippen LogP contribution in [0.2, 0.25) is 5.02 Å². The average molecular weight is 294 g/mol. The number of fused-ring (bicyclic) bond motifs is 1. The van der Waals surface area contributed by atoms with E-state index in [0.717, 1.165) is 0 Å². The number of H-pyrrole nitrogens is 1. The van der Waals surface area contributed by atoms with Crippen LogP contribution in [0.25, 0.3) is 10.8 Å². The maximum Gasteiger partial charge on any atom is 0.255 e. The number of halogens is 1. The van der Waals surface area contributed by atoms with Crippen LogP contribution in [0.3, 0.4) is 0 Å². The van der Waals surface area contributed by atoms with Crippen molar-refractivity contribution in [2.24, 2.45) is 11.7 Å². The Morgan fingerprint density at radius 2 is 2.10 bits per heavy atom. The molecule has 0 radical (unpaired) electrons. The molecular formula is C14H16ClN3O2. The van der Waals surface area contributed by atoms with Crippen molar-refractivity contribution in [2.75, 3.05) is 5.32 Å². The van der Waals surface area contributed by atoms with E-state index in [1.54, 1.807) is 18.3 Å². The number of carbonyl (C=O) groups is 1. The topological polar surface area (TPSA) is 88.0 Å². The molecule has 1 heterocycles. The van der Waals surface area contributed by atoms with Gasteiger partial charge in [0.15, 0.2) is 0 Å². The first-order valence-electron chi connectivity index (χ1n) is 6.27. The molecule has 0 spiro atoms. The Morgan fingerprint density at radius 1 is 1.40 bits per heavy atom. The van der Waals surface area contributed by atoms with E-state index < -0.39 is 6.04 Å². The number of aromatic amines is 1. The number of carbonyl (C=O) groups excluding carboxylic acids is 1. The van der Waals surface area contributed by atoms with Crippen LogP contribution in [0, 0.1) is 5.92 Å². The van der Waals surface area contributed by atoms with Gasteiger partial charge in [0.2, 0.25) is 5.91 Å². The number of rotatable bonds is 3. The summed E-state index contributed by atoms with van der Waals surface area (Å²) in [6.07, 6.45) is 1.55. The van der Waals surface area contributed by atoms with Crippen molar-refractivity contribution in [3.63, 3.8) is 0 Å². The monoisotopic (exact) mass is 293 g/mol. The average Bonchev–Trinajstić information content (AvgIpc) is 2.39. The van der Waals surface area contributed by atoms with Gasteiger partial charge >= 0.3 is 0 Å². The molecule has 0 saturated carbocycles. The van der Waals surface area contributed by atoms with E-state index in [9.17, 15) is 9.59 Å². The Labute approximate surface area is 121 Å². The summed E-state index contributed by atoms with van der Waals surface area (Å²) in [5.41, 5.74) is 6.01.